The van der Waals surface area contributed by atoms with Crippen molar-refractivity contribution < 1.29 is 0 Å². The second-order valence-electron chi connectivity index (χ2n) is 5.55. The second-order valence-corrected chi connectivity index (χ2v) is 6.36. The zero-order valence-corrected chi connectivity index (χ0v) is 12.6. The molecule has 2 aliphatic heterocycles. The van der Waals surface area contributed by atoms with Crippen molar-refractivity contribution in [2.45, 2.75) is 31.8 Å². The van der Waals surface area contributed by atoms with Crippen molar-refractivity contribution in [1.29, 1.82) is 0 Å². The van der Waals surface area contributed by atoms with Crippen molar-refractivity contribution in [2.75, 3.05) is 26.2 Å². The van der Waals surface area contributed by atoms with Crippen LogP contribution in [0, 0.1) is 0 Å². The molecule has 1 unspecified atom stereocenters. The largest absolute Gasteiger partial charge is 0.287 e. The van der Waals surface area contributed by atoms with E-state index in [1.54, 1.807) is 0 Å². The SMILES string of the molecule is Clc1ccc(CCN2CCN3CCCCC32)cc1Cl. The van der Waals surface area contributed by atoms with Crippen LogP contribution < -0.4 is 0 Å². The van der Waals surface area contributed by atoms with E-state index in [2.05, 4.69) is 15.9 Å². The third kappa shape index (κ3) is 3.08. The number of hydrogen-bond acceptors (Lipinski definition) is 2. The van der Waals surface area contributed by atoms with Crippen LogP contribution in [0.3, 0.4) is 0 Å². The molecule has 4 heteroatoms. The van der Waals surface area contributed by atoms with Crippen LogP contribution in [0.25, 0.3) is 0 Å². The molecule has 1 aromatic rings. The van der Waals surface area contributed by atoms with Gasteiger partial charge in [-0.1, -0.05) is 29.3 Å². The predicted molar refractivity (Wildman–Crippen MR) is 81.0 cm³/mol. The lowest BCUT2D eigenvalue weighted by molar-refractivity contribution is 0.0989. The first-order valence-corrected chi connectivity index (χ1v) is 7.92. The summed E-state index contributed by atoms with van der Waals surface area (Å²) >= 11 is 12.0. The Balaban J connectivity index is 1.58. The van der Waals surface area contributed by atoms with E-state index in [4.69, 9.17) is 23.2 Å². The molecule has 1 aromatic carbocycles. The van der Waals surface area contributed by atoms with Gasteiger partial charge in [0.1, 0.15) is 0 Å². The molecule has 2 fully saturated rings. The number of fused-ring (bicyclic) bond motifs is 1. The van der Waals surface area contributed by atoms with E-state index >= 15 is 0 Å². The maximum absolute atomic E-state index is 6.07. The van der Waals surface area contributed by atoms with Gasteiger partial charge in [0.25, 0.3) is 0 Å². The highest BCUT2D eigenvalue weighted by molar-refractivity contribution is 6.42. The zero-order valence-electron chi connectivity index (χ0n) is 11.1. The van der Waals surface area contributed by atoms with Crippen LogP contribution in [-0.2, 0) is 6.42 Å². The molecule has 0 amide bonds. The molecule has 2 nitrogen and oxygen atoms in total. The third-order valence-electron chi connectivity index (χ3n) is 4.35. The molecular formula is C15H20Cl2N2. The minimum absolute atomic E-state index is 0.644. The van der Waals surface area contributed by atoms with Crippen LogP contribution in [-0.4, -0.2) is 42.1 Å². The smallest absolute Gasteiger partial charge is 0.0623 e. The normalized spacial score (nSPS) is 24.6. The molecule has 0 N–H and O–H groups in total. The van der Waals surface area contributed by atoms with Crippen LogP contribution in [0.5, 0.6) is 0 Å². The van der Waals surface area contributed by atoms with Crippen molar-refractivity contribution in [3.63, 3.8) is 0 Å². The van der Waals surface area contributed by atoms with Crippen LogP contribution in [0.15, 0.2) is 18.2 Å². The Morgan fingerprint density at radius 1 is 1.05 bits per heavy atom. The van der Waals surface area contributed by atoms with Gasteiger partial charge in [-0.2, -0.15) is 0 Å². The average Bonchev–Trinajstić information content (AvgIpc) is 2.83. The second kappa shape index (κ2) is 6.01. The number of nitrogens with zero attached hydrogens (tertiary/aromatic N) is 2. The van der Waals surface area contributed by atoms with E-state index in [1.807, 2.05) is 12.1 Å². The summed E-state index contributed by atoms with van der Waals surface area (Å²) in [6, 6.07) is 5.98. The summed E-state index contributed by atoms with van der Waals surface area (Å²) in [4.78, 5) is 5.26. The van der Waals surface area contributed by atoms with Crippen molar-refractivity contribution in [2.24, 2.45) is 0 Å². The third-order valence-corrected chi connectivity index (χ3v) is 5.09. The van der Waals surface area contributed by atoms with Crippen LogP contribution in [0.2, 0.25) is 10.0 Å². The highest BCUT2D eigenvalue weighted by atomic mass is 35.5. The standard InChI is InChI=1S/C15H20Cl2N2/c16-13-5-4-12(11-14(13)17)6-8-19-10-9-18-7-2-1-3-15(18)19/h4-5,11,15H,1-3,6-10H2. The summed E-state index contributed by atoms with van der Waals surface area (Å²) < 4.78 is 0. The molecule has 0 radical (unpaired) electrons. The van der Waals surface area contributed by atoms with Crippen molar-refractivity contribution in [1.82, 2.24) is 9.80 Å². The van der Waals surface area contributed by atoms with Crippen LogP contribution in [0.1, 0.15) is 24.8 Å². The fourth-order valence-corrected chi connectivity index (χ4v) is 3.60. The van der Waals surface area contributed by atoms with E-state index in [9.17, 15) is 0 Å². The molecule has 2 aliphatic rings. The fourth-order valence-electron chi connectivity index (χ4n) is 3.28. The summed E-state index contributed by atoms with van der Waals surface area (Å²) in [7, 11) is 0. The van der Waals surface area contributed by atoms with E-state index in [0.29, 0.717) is 16.2 Å². The lowest BCUT2D eigenvalue weighted by Crippen LogP contribution is -2.42. The zero-order chi connectivity index (χ0) is 13.2. The Morgan fingerprint density at radius 2 is 1.95 bits per heavy atom. The van der Waals surface area contributed by atoms with Gasteiger partial charge in [0, 0.05) is 19.6 Å². The van der Waals surface area contributed by atoms with E-state index in [-0.39, 0.29) is 0 Å². The molecule has 0 saturated carbocycles. The molecule has 0 aromatic heterocycles. The Bertz CT molecular complexity index is 450. The van der Waals surface area contributed by atoms with Crippen molar-refractivity contribution in [3.8, 4) is 0 Å². The Labute approximate surface area is 125 Å². The number of benzene rings is 1. The van der Waals surface area contributed by atoms with Gasteiger partial charge in [0.2, 0.25) is 0 Å². The topological polar surface area (TPSA) is 6.48 Å². The number of hydrogen-bond donors (Lipinski definition) is 0. The summed E-state index contributed by atoms with van der Waals surface area (Å²) in [5.41, 5.74) is 1.28. The van der Waals surface area contributed by atoms with Gasteiger partial charge < -0.3 is 0 Å². The summed E-state index contributed by atoms with van der Waals surface area (Å²) in [5.74, 6) is 0. The van der Waals surface area contributed by atoms with Gasteiger partial charge >= 0.3 is 0 Å². The van der Waals surface area contributed by atoms with E-state index < -0.39 is 0 Å². The molecule has 2 heterocycles. The van der Waals surface area contributed by atoms with Crippen molar-refractivity contribution >= 4 is 23.2 Å². The van der Waals surface area contributed by atoms with E-state index in [1.165, 1.54) is 44.5 Å². The fraction of sp³-hybridized carbons (Fsp3) is 0.600. The Kier molecular flexibility index (Phi) is 4.33. The maximum atomic E-state index is 6.07. The molecule has 19 heavy (non-hydrogen) atoms. The highest BCUT2D eigenvalue weighted by Gasteiger charge is 2.32. The number of piperidine rings is 1. The van der Waals surface area contributed by atoms with Crippen LogP contribution in [0.4, 0.5) is 0 Å². The first-order chi connectivity index (χ1) is 9.24. The highest BCUT2D eigenvalue weighted by Crippen LogP contribution is 2.26. The first-order valence-electron chi connectivity index (χ1n) is 7.16. The Hall–Kier alpha value is -0.280. The van der Waals surface area contributed by atoms with E-state index in [0.717, 1.165) is 13.0 Å². The quantitative estimate of drug-likeness (QED) is 0.840. The lowest BCUT2D eigenvalue weighted by atomic mass is 10.1. The Morgan fingerprint density at radius 3 is 2.79 bits per heavy atom. The summed E-state index contributed by atoms with van der Waals surface area (Å²) in [6.07, 6.45) is 5.83. The number of halogens is 2. The molecule has 0 bridgehead atoms. The molecule has 1 atom stereocenters. The molecule has 0 aliphatic carbocycles. The van der Waals surface area contributed by atoms with Gasteiger partial charge in [-0.05, 0) is 49.9 Å². The van der Waals surface area contributed by atoms with Crippen molar-refractivity contribution in [3.05, 3.63) is 33.8 Å². The van der Waals surface area contributed by atoms with Gasteiger partial charge in [-0.3, -0.25) is 9.80 Å². The molecule has 3 rings (SSSR count). The first kappa shape index (κ1) is 13.7. The minimum Gasteiger partial charge on any atom is -0.287 e. The predicted octanol–water partition coefficient (Wildman–Crippen LogP) is 3.66. The number of rotatable bonds is 3. The average molecular weight is 299 g/mol. The monoisotopic (exact) mass is 298 g/mol. The summed E-state index contributed by atoms with van der Waals surface area (Å²) in [6.45, 7) is 4.87. The molecule has 2 saturated heterocycles. The molecule has 104 valence electrons. The lowest BCUT2D eigenvalue weighted by Gasteiger charge is -2.34. The van der Waals surface area contributed by atoms with Gasteiger partial charge in [0.05, 0.1) is 16.2 Å². The molecule has 0 spiro atoms. The van der Waals surface area contributed by atoms with Crippen LogP contribution >= 0.6 is 23.2 Å². The van der Waals surface area contributed by atoms with Gasteiger partial charge in [-0.15, -0.1) is 0 Å². The summed E-state index contributed by atoms with van der Waals surface area (Å²) in [5, 5.41) is 1.31. The maximum Gasteiger partial charge on any atom is 0.0623 e. The van der Waals surface area contributed by atoms with Gasteiger partial charge in [-0.25, -0.2) is 0 Å². The van der Waals surface area contributed by atoms with Gasteiger partial charge in [0.15, 0.2) is 0 Å². The minimum atomic E-state index is 0.644. The molecular weight excluding hydrogens is 279 g/mol.